The van der Waals surface area contributed by atoms with Crippen LogP contribution in [0.4, 0.5) is 8.78 Å². The molecule has 1 aliphatic carbocycles. The Morgan fingerprint density at radius 2 is 1.85 bits per heavy atom. The first-order valence-corrected chi connectivity index (χ1v) is 9.19. The molecule has 0 spiro atoms. The van der Waals surface area contributed by atoms with Crippen molar-refractivity contribution in [3.8, 4) is 22.6 Å². The molecule has 1 N–H and O–H groups in total. The fourth-order valence-corrected chi connectivity index (χ4v) is 4.08. The molecule has 138 valence electrons. The number of aliphatic hydroxyl groups excluding tert-OH is 1. The van der Waals surface area contributed by atoms with Crippen LogP contribution in [-0.4, -0.2) is 11.7 Å². The van der Waals surface area contributed by atoms with Crippen molar-refractivity contribution in [1.29, 1.82) is 0 Å². The molecule has 1 atom stereocenters. The van der Waals surface area contributed by atoms with E-state index in [0.29, 0.717) is 23.3 Å². The van der Waals surface area contributed by atoms with Crippen molar-refractivity contribution < 1.29 is 23.4 Å². The quantitative estimate of drug-likeness (QED) is 0.820. The van der Waals surface area contributed by atoms with Crippen LogP contribution in [0.1, 0.15) is 49.8 Å². The monoisotopic (exact) mass is 360 g/mol. The largest absolute Gasteiger partial charge is 0.491 e. The summed E-state index contributed by atoms with van der Waals surface area (Å²) in [6.07, 6.45) is 3.13. The maximum Gasteiger partial charge on any atom is 0.172 e. The summed E-state index contributed by atoms with van der Waals surface area (Å²) in [5.74, 6) is -0.653. The van der Waals surface area contributed by atoms with E-state index in [4.69, 9.17) is 9.47 Å². The maximum absolute atomic E-state index is 15.0. The molecule has 0 radical (unpaired) electrons. The Morgan fingerprint density at radius 3 is 2.58 bits per heavy atom. The second-order valence-electron chi connectivity index (χ2n) is 6.96. The first-order valence-electron chi connectivity index (χ1n) is 9.19. The van der Waals surface area contributed by atoms with E-state index < -0.39 is 17.7 Å². The number of rotatable bonds is 4. The third-order valence-electron chi connectivity index (χ3n) is 5.45. The van der Waals surface area contributed by atoms with E-state index in [2.05, 4.69) is 0 Å². The van der Waals surface area contributed by atoms with Crippen molar-refractivity contribution in [2.45, 2.75) is 45.3 Å². The molecule has 1 unspecified atom stereocenters. The van der Waals surface area contributed by atoms with Crippen LogP contribution in [-0.2, 0) is 6.61 Å². The maximum atomic E-state index is 15.0. The van der Waals surface area contributed by atoms with Crippen LogP contribution in [0.25, 0.3) is 11.1 Å². The van der Waals surface area contributed by atoms with Crippen molar-refractivity contribution in [1.82, 2.24) is 0 Å². The summed E-state index contributed by atoms with van der Waals surface area (Å²) in [5, 5.41) is 10.6. The predicted molar refractivity (Wildman–Crippen MR) is 94.2 cm³/mol. The lowest BCUT2D eigenvalue weighted by Crippen LogP contribution is -2.15. The number of hydrogen-bond donors (Lipinski definition) is 1. The Hall–Kier alpha value is -2.14. The number of ether oxygens (including phenoxy) is 2. The fraction of sp³-hybridized carbons (Fsp3) is 0.429. The average Bonchev–Trinajstić information content (AvgIpc) is 3.18. The summed E-state index contributed by atoms with van der Waals surface area (Å²) in [5.41, 5.74) is 1.75. The molecule has 4 rings (SSSR count). The molecule has 26 heavy (non-hydrogen) atoms. The first kappa shape index (κ1) is 17.3. The minimum absolute atomic E-state index is 0.0605. The van der Waals surface area contributed by atoms with Gasteiger partial charge in [0.1, 0.15) is 6.61 Å². The van der Waals surface area contributed by atoms with Gasteiger partial charge in [0.2, 0.25) is 0 Å². The van der Waals surface area contributed by atoms with E-state index in [9.17, 15) is 9.50 Å². The van der Waals surface area contributed by atoms with Crippen molar-refractivity contribution in [3.63, 3.8) is 0 Å². The van der Waals surface area contributed by atoms with Gasteiger partial charge in [-0.3, -0.25) is 0 Å². The topological polar surface area (TPSA) is 38.7 Å². The van der Waals surface area contributed by atoms with Crippen LogP contribution in [0.3, 0.4) is 0 Å². The lowest BCUT2D eigenvalue weighted by molar-refractivity contribution is 0.107. The Balaban J connectivity index is 1.74. The van der Waals surface area contributed by atoms with Gasteiger partial charge in [-0.05, 0) is 43.4 Å². The van der Waals surface area contributed by atoms with Gasteiger partial charge in [0.15, 0.2) is 23.1 Å². The minimum Gasteiger partial charge on any atom is -0.491 e. The second-order valence-corrected chi connectivity index (χ2v) is 6.96. The Labute approximate surface area is 151 Å². The van der Waals surface area contributed by atoms with Gasteiger partial charge in [0.05, 0.1) is 12.7 Å². The van der Waals surface area contributed by atoms with Gasteiger partial charge in [-0.1, -0.05) is 25.0 Å². The number of fused-ring (bicyclic) bond motifs is 3. The SMILES string of the molecule is CCOc1ccc2c(c1F)COc1c-2ccc(C(O)C2CCCC2)c1F. The summed E-state index contributed by atoms with van der Waals surface area (Å²) >= 11 is 0. The van der Waals surface area contributed by atoms with Crippen LogP contribution < -0.4 is 9.47 Å². The number of benzene rings is 2. The highest BCUT2D eigenvalue weighted by Gasteiger charge is 2.31. The lowest BCUT2D eigenvalue weighted by Gasteiger charge is -2.25. The summed E-state index contributed by atoms with van der Waals surface area (Å²) in [7, 11) is 0. The molecule has 2 aromatic carbocycles. The molecular formula is C21H22F2O3. The van der Waals surface area contributed by atoms with Crippen LogP contribution in [0, 0.1) is 17.6 Å². The van der Waals surface area contributed by atoms with E-state index in [1.54, 1.807) is 31.2 Å². The number of halogens is 2. The molecule has 1 heterocycles. The molecular weight excluding hydrogens is 338 g/mol. The zero-order chi connectivity index (χ0) is 18.3. The highest BCUT2D eigenvalue weighted by Crippen LogP contribution is 2.45. The zero-order valence-corrected chi connectivity index (χ0v) is 14.7. The molecule has 0 aromatic heterocycles. The van der Waals surface area contributed by atoms with E-state index in [0.717, 1.165) is 25.7 Å². The van der Waals surface area contributed by atoms with Crippen molar-refractivity contribution in [2.24, 2.45) is 5.92 Å². The second kappa shape index (κ2) is 6.88. The first-order chi connectivity index (χ1) is 12.6. The van der Waals surface area contributed by atoms with E-state index >= 15 is 4.39 Å². The van der Waals surface area contributed by atoms with Gasteiger partial charge in [-0.25, -0.2) is 8.78 Å². The third-order valence-corrected chi connectivity index (χ3v) is 5.45. The van der Waals surface area contributed by atoms with Gasteiger partial charge in [-0.2, -0.15) is 0 Å². The Kier molecular flexibility index (Phi) is 4.57. The lowest BCUT2D eigenvalue weighted by atomic mass is 9.90. The molecule has 2 aliphatic rings. The Morgan fingerprint density at radius 1 is 1.12 bits per heavy atom. The summed E-state index contributed by atoms with van der Waals surface area (Å²) in [6, 6.07) is 6.61. The van der Waals surface area contributed by atoms with Crippen LogP contribution >= 0.6 is 0 Å². The normalized spacial score (nSPS) is 17.4. The third kappa shape index (κ3) is 2.75. The summed E-state index contributed by atoms with van der Waals surface area (Å²) < 4.78 is 40.5. The molecule has 1 fully saturated rings. The minimum atomic E-state index is -0.829. The van der Waals surface area contributed by atoms with Crippen LogP contribution in [0.15, 0.2) is 24.3 Å². The van der Waals surface area contributed by atoms with Gasteiger partial charge >= 0.3 is 0 Å². The van der Waals surface area contributed by atoms with Gasteiger partial charge in [0, 0.05) is 16.7 Å². The van der Waals surface area contributed by atoms with Crippen molar-refractivity contribution in [2.75, 3.05) is 6.61 Å². The van der Waals surface area contributed by atoms with Gasteiger partial charge < -0.3 is 14.6 Å². The molecule has 2 aromatic rings. The van der Waals surface area contributed by atoms with Crippen molar-refractivity contribution >= 4 is 0 Å². The molecule has 0 saturated heterocycles. The van der Waals surface area contributed by atoms with E-state index in [-0.39, 0.29) is 29.6 Å². The molecule has 0 bridgehead atoms. The number of aliphatic hydroxyl groups is 1. The fourth-order valence-electron chi connectivity index (χ4n) is 4.08. The smallest absolute Gasteiger partial charge is 0.172 e. The molecule has 1 saturated carbocycles. The highest BCUT2D eigenvalue weighted by molar-refractivity contribution is 5.76. The summed E-state index contributed by atoms with van der Waals surface area (Å²) in [4.78, 5) is 0. The van der Waals surface area contributed by atoms with Crippen LogP contribution in [0.5, 0.6) is 11.5 Å². The average molecular weight is 360 g/mol. The van der Waals surface area contributed by atoms with Crippen LogP contribution in [0.2, 0.25) is 0 Å². The molecule has 0 amide bonds. The highest BCUT2D eigenvalue weighted by atomic mass is 19.1. The van der Waals surface area contributed by atoms with E-state index in [1.807, 2.05) is 0 Å². The van der Waals surface area contributed by atoms with Gasteiger partial charge in [-0.15, -0.1) is 0 Å². The van der Waals surface area contributed by atoms with Crippen molar-refractivity contribution in [3.05, 3.63) is 47.0 Å². The predicted octanol–water partition coefficient (Wildman–Crippen LogP) is 5.15. The van der Waals surface area contributed by atoms with E-state index in [1.165, 1.54) is 0 Å². The molecule has 1 aliphatic heterocycles. The Bertz CT molecular complexity index is 828. The zero-order valence-electron chi connectivity index (χ0n) is 14.7. The number of hydrogen-bond acceptors (Lipinski definition) is 3. The standard InChI is InChI=1S/C21H22F2O3/c1-2-25-17-10-9-13-14-7-8-15(20(24)12-5-3-4-6-12)19(23)21(14)26-11-16(13)18(17)22/h7-10,12,20,24H,2-6,11H2,1H3. The molecule has 5 heteroatoms. The summed E-state index contributed by atoms with van der Waals surface area (Å²) in [6.45, 7) is 2.09. The van der Waals surface area contributed by atoms with Gasteiger partial charge in [0.25, 0.3) is 0 Å². The molecule has 3 nitrogen and oxygen atoms in total.